The monoisotopic (exact) mass is 868 g/mol. The van der Waals surface area contributed by atoms with Crippen molar-refractivity contribution < 1.29 is 51.9 Å². The first-order valence-electron chi connectivity index (χ1n) is 18.8. The number of carbonyl (C=O) groups excluding carboxylic acids is 2. The van der Waals surface area contributed by atoms with Crippen LogP contribution < -0.4 is 34.0 Å². The maximum absolute atomic E-state index is 14.8. The van der Waals surface area contributed by atoms with Crippen LogP contribution in [0.5, 0.6) is 5.75 Å². The van der Waals surface area contributed by atoms with Gasteiger partial charge in [-0.2, -0.15) is 0 Å². The fraction of sp³-hybridized carbons (Fsp3) is 0.395. The first kappa shape index (κ1) is 41.5. The molecular weight excluding hydrogens is 818 g/mol. The topological polar surface area (TPSA) is 71.1 Å². The Morgan fingerprint density at radius 2 is 1.61 bits per heavy atom. The fourth-order valence-corrected chi connectivity index (χ4v) is 7.82. The molecule has 54 heavy (non-hydrogen) atoms. The van der Waals surface area contributed by atoms with Crippen molar-refractivity contribution >= 4 is 23.6 Å². The minimum atomic E-state index is -0.702. The normalized spacial score (nSPS) is 19.3. The zero-order chi connectivity index (χ0) is 37.2. The van der Waals surface area contributed by atoms with Crippen LogP contribution in [-0.4, -0.2) is 91.8 Å². The summed E-state index contributed by atoms with van der Waals surface area (Å²) in [5.74, 6) is 0.139. The van der Waals surface area contributed by atoms with Crippen LogP contribution in [0, 0.1) is 11.7 Å². The van der Waals surface area contributed by atoms with Crippen LogP contribution in [-0.2, 0) is 29.1 Å². The average Bonchev–Trinajstić information content (AvgIpc) is 3.18. The number of ether oxygens (including phenoxy) is 2. The summed E-state index contributed by atoms with van der Waals surface area (Å²) in [5.41, 5.74) is 5.01. The fourth-order valence-electron chi connectivity index (χ4n) is 7.63. The summed E-state index contributed by atoms with van der Waals surface area (Å²) in [6.45, 7) is 7.72. The molecule has 0 aromatic heterocycles. The highest BCUT2D eigenvalue weighted by Crippen LogP contribution is 2.31. The Bertz CT molecular complexity index is 1820. The Labute approximate surface area is 341 Å². The molecule has 6 rings (SSSR count). The minimum absolute atomic E-state index is 0. The maximum Gasteiger partial charge on any atom is 0.408 e. The zero-order valence-corrected chi connectivity index (χ0v) is 34.1. The third-order valence-corrected chi connectivity index (χ3v) is 11.1. The summed E-state index contributed by atoms with van der Waals surface area (Å²) in [6, 6.07) is 30.3. The number of amides is 2. The first-order chi connectivity index (χ1) is 25.7. The van der Waals surface area contributed by atoms with Crippen molar-refractivity contribution in [1.82, 2.24) is 15.1 Å². The molecule has 4 aromatic rings. The highest BCUT2D eigenvalue weighted by atomic mass is 127. The summed E-state index contributed by atoms with van der Waals surface area (Å²) in [5, 5.41) is 3.73. The molecule has 2 fully saturated rings. The van der Waals surface area contributed by atoms with Crippen LogP contribution in [0.1, 0.15) is 36.5 Å². The van der Waals surface area contributed by atoms with Crippen LogP contribution >= 0.6 is 11.6 Å². The highest BCUT2D eigenvalue weighted by Gasteiger charge is 2.40. The Morgan fingerprint density at radius 1 is 0.926 bits per heavy atom. The van der Waals surface area contributed by atoms with Crippen molar-refractivity contribution in [3.63, 3.8) is 0 Å². The Balaban J connectivity index is 0.00000561. The number of hydrogen-bond acceptors (Lipinski definition) is 5. The van der Waals surface area contributed by atoms with E-state index in [1.807, 2.05) is 54.3 Å². The van der Waals surface area contributed by atoms with Crippen molar-refractivity contribution in [3.05, 3.63) is 125 Å². The van der Waals surface area contributed by atoms with E-state index >= 15 is 0 Å². The summed E-state index contributed by atoms with van der Waals surface area (Å²) >= 11 is 6.47. The number of piperazine rings is 1. The second-order valence-electron chi connectivity index (χ2n) is 14.5. The number of likely N-dealkylation sites (N-methyl/N-ethyl adjacent to an activating group) is 1. The van der Waals surface area contributed by atoms with Gasteiger partial charge in [-0.05, 0) is 59.4 Å². The van der Waals surface area contributed by atoms with E-state index in [4.69, 9.17) is 21.1 Å². The second-order valence-corrected chi connectivity index (χ2v) is 14.9. The molecule has 2 amide bonds. The van der Waals surface area contributed by atoms with Gasteiger partial charge in [-0.1, -0.05) is 84.4 Å². The van der Waals surface area contributed by atoms with Crippen molar-refractivity contribution in [1.29, 1.82) is 0 Å². The molecule has 2 saturated heterocycles. The number of halogens is 3. The van der Waals surface area contributed by atoms with Crippen molar-refractivity contribution in [2.24, 2.45) is 5.92 Å². The Morgan fingerprint density at radius 3 is 2.30 bits per heavy atom. The first-order valence-corrected chi connectivity index (χ1v) is 19.1. The molecule has 11 heteroatoms. The van der Waals surface area contributed by atoms with Gasteiger partial charge in [-0.25, -0.2) is 9.18 Å². The molecule has 4 aromatic carbocycles. The number of hydrogen-bond donors (Lipinski definition) is 1. The number of benzene rings is 4. The Hall–Kier alpha value is -3.71. The van der Waals surface area contributed by atoms with Gasteiger partial charge in [0.1, 0.15) is 24.2 Å². The van der Waals surface area contributed by atoms with Crippen molar-refractivity contribution in [2.75, 3.05) is 59.5 Å². The van der Waals surface area contributed by atoms with Gasteiger partial charge in [0.2, 0.25) is 5.91 Å². The lowest BCUT2D eigenvalue weighted by Crippen LogP contribution is -3.00. The predicted molar refractivity (Wildman–Crippen MR) is 207 cm³/mol. The number of quaternary nitrogens is 1. The number of rotatable bonds is 13. The van der Waals surface area contributed by atoms with Gasteiger partial charge < -0.3 is 48.2 Å². The van der Waals surface area contributed by atoms with Crippen molar-refractivity contribution in [2.45, 2.75) is 45.4 Å². The predicted octanol–water partition coefficient (Wildman–Crippen LogP) is 4.59. The molecule has 288 valence electrons. The van der Waals surface area contributed by atoms with E-state index in [2.05, 4.69) is 53.7 Å². The summed E-state index contributed by atoms with van der Waals surface area (Å²) < 4.78 is 27.0. The quantitative estimate of drug-likeness (QED) is 0.158. The SMILES string of the molecule is CCOc1cccc(F)c1CN1CCN(C(=O)[C@H](NC(=O)OCc2ccccc2)C2CC[N+](C)(CCc3cc(Cl)ccc3-c3ccccc3)CC2)CC1.[I-]. The number of nitrogens with zero attached hydrogens (tertiary/aromatic N) is 3. The molecule has 0 spiro atoms. The van der Waals surface area contributed by atoms with E-state index in [-0.39, 0.29) is 48.2 Å². The van der Waals surface area contributed by atoms with E-state index in [1.165, 1.54) is 22.8 Å². The minimum Gasteiger partial charge on any atom is -1.00 e. The van der Waals surface area contributed by atoms with Crippen LogP contribution in [0.2, 0.25) is 5.02 Å². The van der Waals surface area contributed by atoms with Crippen molar-refractivity contribution in [3.8, 4) is 16.9 Å². The zero-order valence-electron chi connectivity index (χ0n) is 31.2. The molecule has 0 aliphatic carbocycles. The van der Waals surface area contributed by atoms with Gasteiger partial charge in [0.15, 0.2) is 0 Å². The van der Waals surface area contributed by atoms with Crippen LogP contribution in [0.3, 0.4) is 0 Å². The van der Waals surface area contributed by atoms with E-state index in [0.29, 0.717) is 50.6 Å². The highest BCUT2D eigenvalue weighted by molar-refractivity contribution is 6.30. The number of carbonyl (C=O) groups is 2. The lowest BCUT2D eigenvalue weighted by Gasteiger charge is -2.43. The standard InChI is InChI=1S/C43H50ClFN4O4.HI/c1-3-52-40-16-10-15-39(45)38(40)30-47-22-24-48(25-23-47)42(50)41(46-43(51)53-31-32-11-6-4-7-12-32)34-19-26-49(2,27-20-34)28-21-35-29-36(44)17-18-37(35)33-13-8-5-9-14-33;/h4-18,29,34,41H,3,19-28,30-31H2,1-2H3;1H/t34?,41-,49?;/m1./s1. The van der Waals surface area contributed by atoms with Gasteiger partial charge in [-0.3, -0.25) is 9.69 Å². The molecule has 0 saturated carbocycles. The van der Waals surface area contributed by atoms with E-state index in [0.717, 1.165) is 54.0 Å². The lowest BCUT2D eigenvalue weighted by molar-refractivity contribution is -0.915. The van der Waals surface area contributed by atoms with E-state index < -0.39 is 12.1 Å². The molecule has 1 N–H and O–H groups in total. The van der Waals surface area contributed by atoms with E-state index in [9.17, 15) is 14.0 Å². The van der Waals surface area contributed by atoms with Gasteiger partial charge in [0, 0.05) is 62.6 Å². The molecule has 2 aliphatic heterocycles. The second kappa shape index (κ2) is 19.7. The largest absolute Gasteiger partial charge is 1.00 e. The average molecular weight is 869 g/mol. The maximum atomic E-state index is 14.8. The number of piperidine rings is 1. The van der Waals surface area contributed by atoms with Crippen LogP contribution in [0.4, 0.5) is 9.18 Å². The molecule has 0 radical (unpaired) electrons. The van der Waals surface area contributed by atoms with Gasteiger partial charge >= 0.3 is 6.09 Å². The molecule has 0 unspecified atom stereocenters. The summed E-state index contributed by atoms with van der Waals surface area (Å²) in [4.78, 5) is 31.5. The van der Waals surface area contributed by atoms with Gasteiger partial charge in [-0.15, -0.1) is 0 Å². The number of nitrogens with one attached hydrogen (secondary N) is 1. The number of likely N-dealkylation sites (tertiary alicyclic amines) is 1. The van der Waals surface area contributed by atoms with Crippen LogP contribution in [0.25, 0.3) is 11.1 Å². The molecular formula is C43H51ClFIN4O4. The molecule has 1 atom stereocenters. The smallest absolute Gasteiger partial charge is 0.408 e. The number of alkyl carbamates (subject to hydrolysis) is 1. The third-order valence-electron chi connectivity index (χ3n) is 10.8. The molecule has 0 bridgehead atoms. The van der Waals surface area contributed by atoms with Gasteiger partial charge in [0.25, 0.3) is 0 Å². The molecule has 2 aliphatic rings. The molecule has 2 heterocycles. The Kier molecular flexibility index (Phi) is 15.2. The summed E-state index contributed by atoms with van der Waals surface area (Å²) in [6.07, 6.45) is 1.87. The third kappa shape index (κ3) is 11.0. The van der Waals surface area contributed by atoms with Gasteiger partial charge in [0.05, 0.1) is 33.3 Å². The van der Waals surface area contributed by atoms with Crippen LogP contribution in [0.15, 0.2) is 97.1 Å². The molecule has 8 nitrogen and oxygen atoms in total. The lowest BCUT2D eigenvalue weighted by atomic mass is 9.87. The summed E-state index contributed by atoms with van der Waals surface area (Å²) in [7, 11) is 2.28. The van der Waals surface area contributed by atoms with E-state index in [1.54, 1.807) is 12.1 Å².